The number of allylic oxidation sites excluding steroid dienone is 4. The fourth-order valence-electron chi connectivity index (χ4n) is 3.76. The van der Waals surface area contributed by atoms with E-state index < -0.39 is 10.0 Å². The van der Waals surface area contributed by atoms with Crippen molar-refractivity contribution in [1.82, 2.24) is 19.3 Å². The number of sulfonamides is 1. The Morgan fingerprint density at radius 3 is 2.53 bits per heavy atom. The van der Waals surface area contributed by atoms with Gasteiger partial charge in [-0.3, -0.25) is 0 Å². The van der Waals surface area contributed by atoms with Gasteiger partial charge in [-0.15, -0.1) is 11.3 Å². The number of fused-ring (bicyclic) bond motifs is 1. The van der Waals surface area contributed by atoms with E-state index in [4.69, 9.17) is 31.0 Å². The summed E-state index contributed by atoms with van der Waals surface area (Å²) in [5.41, 5.74) is 4.49. The third-order valence-electron chi connectivity index (χ3n) is 5.66. The summed E-state index contributed by atoms with van der Waals surface area (Å²) in [6.45, 7) is 0.691. The van der Waals surface area contributed by atoms with Crippen molar-refractivity contribution < 1.29 is 8.42 Å². The summed E-state index contributed by atoms with van der Waals surface area (Å²) >= 11 is 13.4. The highest BCUT2D eigenvalue weighted by Gasteiger charge is 2.17. The molecule has 0 amide bonds. The van der Waals surface area contributed by atoms with Gasteiger partial charge in [0.15, 0.2) is 5.65 Å². The zero-order chi connectivity index (χ0) is 25.3. The average Bonchev–Trinajstić information content (AvgIpc) is 3.48. The summed E-state index contributed by atoms with van der Waals surface area (Å²) in [5, 5.41) is 8.52. The number of aromatic nitrogens is 3. The second-order valence-corrected chi connectivity index (χ2v) is 12.3. The minimum Gasteiger partial charge on any atom is -0.366 e. The number of nitrogens with one attached hydrogen (secondary N) is 2. The van der Waals surface area contributed by atoms with Gasteiger partial charge in [0.2, 0.25) is 10.0 Å². The number of nitrogens with zero attached hydrogens (tertiary/aromatic N) is 3. The van der Waals surface area contributed by atoms with E-state index in [9.17, 15) is 8.42 Å². The van der Waals surface area contributed by atoms with E-state index in [1.54, 1.807) is 16.8 Å². The number of thiophene rings is 1. The Bertz CT molecular complexity index is 1590. The molecule has 0 aliphatic heterocycles. The van der Waals surface area contributed by atoms with Gasteiger partial charge in [0, 0.05) is 36.0 Å². The predicted molar refractivity (Wildman–Crippen MR) is 147 cm³/mol. The fraction of sp³-hybridized carbons (Fsp3) is 0.167. The summed E-state index contributed by atoms with van der Waals surface area (Å²) in [4.78, 5) is 4.68. The van der Waals surface area contributed by atoms with E-state index in [0.717, 1.165) is 57.4 Å². The van der Waals surface area contributed by atoms with E-state index in [1.165, 1.54) is 6.07 Å². The summed E-state index contributed by atoms with van der Waals surface area (Å²) in [6, 6.07) is 12.6. The minimum atomic E-state index is -3.60. The van der Waals surface area contributed by atoms with Crippen LogP contribution in [0.5, 0.6) is 0 Å². The van der Waals surface area contributed by atoms with E-state index >= 15 is 0 Å². The Labute approximate surface area is 224 Å². The molecule has 7 nitrogen and oxygen atoms in total. The number of anilines is 1. The van der Waals surface area contributed by atoms with Crippen molar-refractivity contribution in [2.24, 2.45) is 0 Å². The smallest absolute Gasteiger partial charge is 0.250 e. The van der Waals surface area contributed by atoms with Crippen LogP contribution >= 0.6 is 34.5 Å². The van der Waals surface area contributed by atoms with Gasteiger partial charge in [0.1, 0.15) is 17.9 Å². The first kappa shape index (κ1) is 25.0. The molecule has 0 bridgehead atoms. The second kappa shape index (κ2) is 10.4. The molecule has 1 aliphatic rings. The summed E-state index contributed by atoms with van der Waals surface area (Å²) < 4.78 is 29.7. The highest BCUT2D eigenvalue weighted by Crippen LogP contribution is 2.30. The van der Waals surface area contributed by atoms with Crippen molar-refractivity contribution in [2.45, 2.75) is 30.1 Å². The van der Waals surface area contributed by atoms with E-state index in [2.05, 4.69) is 26.2 Å². The first-order valence-corrected chi connectivity index (χ1v) is 14.1. The minimum absolute atomic E-state index is 0.176. The topological polar surface area (TPSA) is 88.4 Å². The Kier molecular flexibility index (Phi) is 7.23. The summed E-state index contributed by atoms with van der Waals surface area (Å²) in [7, 11) is 2.50. The lowest BCUT2D eigenvalue weighted by molar-refractivity contribution is 0.583. The second-order valence-electron chi connectivity index (χ2n) is 8.17. The highest BCUT2D eigenvalue weighted by molar-refractivity contribution is 7.91. The predicted octanol–water partition coefficient (Wildman–Crippen LogP) is 4.63. The van der Waals surface area contributed by atoms with Gasteiger partial charge < -0.3 is 5.32 Å². The number of benzene rings is 1. The molecule has 1 aromatic carbocycles. The summed E-state index contributed by atoms with van der Waals surface area (Å²) in [6.07, 6.45) is 7.33. The van der Waals surface area contributed by atoms with Crippen LogP contribution in [0.25, 0.3) is 11.2 Å². The lowest BCUT2D eigenvalue weighted by atomic mass is 10.00. The Hall–Kier alpha value is -2.63. The molecular formula is C24H20BCl2N5O2S2. The first-order chi connectivity index (χ1) is 17.3. The van der Waals surface area contributed by atoms with Gasteiger partial charge in [0.25, 0.3) is 0 Å². The zero-order valence-electron chi connectivity index (χ0n) is 18.9. The maximum absolute atomic E-state index is 12.4. The molecular weight excluding hydrogens is 536 g/mol. The van der Waals surface area contributed by atoms with Crippen molar-refractivity contribution in [1.29, 1.82) is 0 Å². The molecule has 3 heterocycles. The number of hydrogen-bond donors (Lipinski definition) is 2. The molecule has 0 saturated carbocycles. The van der Waals surface area contributed by atoms with E-state index in [0.29, 0.717) is 22.0 Å². The lowest BCUT2D eigenvalue weighted by Gasteiger charge is -2.14. The average molecular weight is 556 g/mol. The molecule has 5 rings (SSSR count). The molecule has 0 unspecified atom stereocenters. The molecule has 0 fully saturated rings. The Morgan fingerprint density at radius 2 is 1.83 bits per heavy atom. The van der Waals surface area contributed by atoms with Crippen LogP contribution in [0.1, 0.15) is 29.7 Å². The SMILES string of the molecule is [B]c1cnn2c(NCc3ccc(CNS(=O)(=O)c4ccc(Cl)s4)cc3)cc(C3=C(Cl)CCC=C3)nc12. The van der Waals surface area contributed by atoms with Gasteiger partial charge >= 0.3 is 0 Å². The quantitative estimate of drug-likeness (QED) is 0.309. The van der Waals surface area contributed by atoms with Gasteiger partial charge in [-0.25, -0.2) is 18.1 Å². The van der Waals surface area contributed by atoms with Crippen LogP contribution < -0.4 is 15.5 Å². The molecule has 1 aliphatic carbocycles. The molecule has 36 heavy (non-hydrogen) atoms. The zero-order valence-corrected chi connectivity index (χ0v) is 22.1. The molecule has 4 aromatic rings. The normalized spacial score (nSPS) is 14.1. The lowest BCUT2D eigenvalue weighted by Crippen LogP contribution is -2.22. The molecule has 2 radical (unpaired) electrons. The van der Waals surface area contributed by atoms with Crippen LogP contribution in [0.15, 0.2) is 70.1 Å². The van der Waals surface area contributed by atoms with Gasteiger partial charge in [-0.2, -0.15) is 9.61 Å². The van der Waals surface area contributed by atoms with E-state index in [1.807, 2.05) is 36.4 Å². The molecule has 0 saturated heterocycles. The van der Waals surface area contributed by atoms with Crippen LogP contribution in [-0.4, -0.2) is 30.9 Å². The largest absolute Gasteiger partial charge is 0.366 e. The van der Waals surface area contributed by atoms with Crippen LogP contribution in [0.3, 0.4) is 0 Å². The maximum Gasteiger partial charge on any atom is 0.250 e. The standard InChI is InChI=1S/C24H20BCl2N5O2S2/c25-18-14-29-32-22(11-20(31-24(18)32)17-3-1-2-4-19(17)26)28-12-15-5-7-16(8-6-15)13-30-36(33,34)23-10-9-21(27)35-23/h1,3,5-11,14,28,30H,2,4,12-13H2. The van der Waals surface area contributed by atoms with Crippen molar-refractivity contribution >= 4 is 74.9 Å². The molecule has 12 heteroatoms. The molecule has 182 valence electrons. The molecule has 3 aromatic heterocycles. The fourth-order valence-corrected chi connectivity index (χ4v) is 6.58. The third kappa shape index (κ3) is 5.38. The number of hydrogen-bond acceptors (Lipinski definition) is 6. The first-order valence-electron chi connectivity index (χ1n) is 11.1. The molecule has 0 spiro atoms. The molecule has 2 N–H and O–H groups in total. The summed E-state index contributed by atoms with van der Waals surface area (Å²) in [5.74, 6) is 0.731. The highest BCUT2D eigenvalue weighted by atomic mass is 35.5. The van der Waals surface area contributed by atoms with Crippen molar-refractivity contribution in [3.63, 3.8) is 0 Å². The monoisotopic (exact) mass is 555 g/mol. The van der Waals surface area contributed by atoms with Crippen LogP contribution in [-0.2, 0) is 23.1 Å². The Balaban J connectivity index is 1.30. The van der Waals surface area contributed by atoms with Crippen LogP contribution in [0.4, 0.5) is 5.82 Å². The van der Waals surface area contributed by atoms with Gasteiger partial charge in [-0.05, 0) is 41.6 Å². The van der Waals surface area contributed by atoms with Gasteiger partial charge in [0.05, 0.1) is 10.0 Å². The van der Waals surface area contributed by atoms with Crippen LogP contribution in [0.2, 0.25) is 4.34 Å². The van der Waals surface area contributed by atoms with Gasteiger partial charge in [-0.1, -0.05) is 59.6 Å². The number of halogens is 2. The van der Waals surface area contributed by atoms with Crippen molar-refractivity contribution in [3.05, 3.63) is 87.0 Å². The maximum atomic E-state index is 12.4. The molecule has 0 atom stereocenters. The Morgan fingerprint density at radius 1 is 1.08 bits per heavy atom. The van der Waals surface area contributed by atoms with Crippen molar-refractivity contribution in [3.8, 4) is 0 Å². The number of rotatable bonds is 8. The van der Waals surface area contributed by atoms with E-state index in [-0.39, 0.29) is 10.8 Å². The van der Waals surface area contributed by atoms with Crippen LogP contribution in [0, 0.1) is 0 Å². The third-order valence-corrected chi connectivity index (χ3v) is 9.18. The van der Waals surface area contributed by atoms with Crippen molar-refractivity contribution in [2.75, 3.05) is 5.32 Å².